The number of imidazole rings is 1. The third-order valence-corrected chi connectivity index (χ3v) is 3.61. The van der Waals surface area contributed by atoms with Crippen molar-refractivity contribution in [2.75, 3.05) is 7.05 Å². The molecule has 0 unspecified atom stereocenters. The standard InChI is InChI=1S/C17H23N3O2/c1-13(2)17-18-9-11-20(17)10-8-16(22)19(3)12-14-4-6-15(21)7-5-14/h4-7,9,11,13,21H,8,10,12H2,1-3H3. The lowest BCUT2D eigenvalue weighted by molar-refractivity contribution is -0.130. The molecule has 1 aromatic carbocycles. The highest BCUT2D eigenvalue weighted by molar-refractivity contribution is 5.75. The Morgan fingerprint density at radius 2 is 2.00 bits per heavy atom. The maximum Gasteiger partial charge on any atom is 0.224 e. The molecule has 0 aliphatic rings. The first-order valence-electron chi connectivity index (χ1n) is 7.50. The van der Waals surface area contributed by atoms with Crippen LogP contribution in [0.4, 0.5) is 0 Å². The predicted octanol–water partition coefficient (Wildman–Crippen LogP) is 2.76. The van der Waals surface area contributed by atoms with Gasteiger partial charge in [-0.2, -0.15) is 0 Å². The molecule has 0 bridgehead atoms. The van der Waals surface area contributed by atoms with Crippen LogP contribution < -0.4 is 0 Å². The molecule has 0 saturated heterocycles. The summed E-state index contributed by atoms with van der Waals surface area (Å²) < 4.78 is 2.04. The number of phenols is 1. The zero-order chi connectivity index (χ0) is 16.1. The summed E-state index contributed by atoms with van der Waals surface area (Å²) in [6.45, 7) is 5.38. The number of aromatic hydroxyl groups is 1. The van der Waals surface area contributed by atoms with Crippen molar-refractivity contribution in [3.63, 3.8) is 0 Å². The summed E-state index contributed by atoms with van der Waals surface area (Å²) in [5.74, 6) is 1.68. The number of nitrogens with zero attached hydrogens (tertiary/aromatic N) is 3. The normalized spacial score (nSPS) is 10.9. The summed E-state index contributed by atoms with van der Waals surface area (Å²) in [5.41, 5.74) is 0.999. The van der Waals surface area contributed by atoms with Crippen molar-refractivity contribution in [3.8, 4) is 5.75 Å². The second-order valence-corrected chi connectivity index (χ2v) is 5.80. The van der Waals surface area contributed by atoms with Gasteiger partial charge in [0, 0.05) is 44.9 Å². The molecule has 0 atom stereocenters. The highest BCUT2D eigenvalue weighted by Crippen LogP contribution is 2.14. The molecule has 5 heteroatoms. The van der Waals surface area contributed by atoms with Crippen molar-refractivity contribution in [2.45, 2.75) is 39.3 Å². The fourth-order valence-electron chi connectivity index (χ4n) is 2.38. The van der Waals surface area contributed by atoms with Gasteiger partial charge < -0.3 is 14.6 Å². The van der Waals surface area contributed by atoms with E-state index in [-0.39, 0.29) is 11.7 Å². The lowest BCUT2D eigenvalue weighted by Gasteiger charge is -2.18. The Labute approximate surface area is 131 Å². The minimum atomic E-state index is 0.0940. The lowest BCUT2D eigenvalue weighted by atomic mass is 10.2. The number of phenolic OH excluding ortho intramolecular Hbond substituents is 1. The average molecular weight is 301 g/mol. The van der Waals surface area contributed by atoms with E-state index in [0.717, 1.165) is 11.4 Å². The zero-order valence-electron chi connectivity index (χ0n) is 13.4. The average Bonchev–Trinajstić information content (AvgIpc) is 2.95. The molecule has 5 nitrogen and oxygen atoms in total. The number of aromatic nitrogens is 2. The molecule has 0 radical (unpaired) electrons. The molecular weight excluding hydrogens is 278 g/mol. The molecule has 0 aliphatic heterocycles. The van der Waals surface area contributed by atoms with E-state index in [1.165, 1.54) is 0 Å². The van der Waals surface area contributed by atoms with Crippen molar-refractivity contribution in [1.82, 2.24) is 14.5 Å². The summed E-state index contributed by atoms with van der Waals surface area (Å²) in [5, 5.41) is 9.27. The molecule has 22 heavy (non-hydrogen) atoms. The molecule has 118 valence electrons. The summed E-state index contributed by atoms with van der Waals surface area (Å²) in [6, 6.07) is 6.92. The molecule has 2 rings (SSSR count). The molecule has 0 aliphatic carbocycles. The maximum atomic E-state index is 12.2. The topological polar surface area (TPSA) is 58.4 Å². The number of hydrogen-bond donors (Lipinski definition) is 1. The number of carbonyl (C=O) groups excluding carboxylic acids is 1. The Bertz CT molecular complexity index is 617. The van der Waals surface area contributed by atoms with Gasteiger partial charge in [-0.3, -0.25) is 4.79 Å². The van der Waals surface area contributed by atoms with E-state index in [2.05, 4.69) is 18.8 Å². The third kappa shape index (κ3) is 4.10. The van der Waals surface area contributed by atoms with Crippen molar-refractivity contribution in [2.24, 2.45) is 0 Å². The summed E-state index contributed by atoms with van der Waals surface area (Å²) >= 11 is 0. The zero-order valence-corrected chi connectivity index (χ0v) is 13.4. The quantitative estimate of drug-likeness (QED) is 0.892. The Morgan fingerprint density at radius 3 is 2.64 bits per heavy atom. The Morgan fingerprint density at radius 1 is 1.32 bits per heavy atom. The Balaban J connectivity index is 1.88. The minimum Gasteiger partial charge on any atom is -0.508 e. The summed E-state index contributed by atoms with van der Waals surface area (Å²) in [4.78, 5) is 18.3. The molecule has 1 amide bonds. The summed E-state index contributed by atoms with van der Waals surface area (Å²) in [6.07, 6.45) is 4.15. The van der Waals surface area contributed by atoms with Gasteiger partial charge in [-0.1, -0.05) is 26.0 Å². The molecule has 0 saturated carbocycles. The van der Waals surface area contributed by atoms with Gasteiger partial charge in [0.1, 0.15) is 11.6 Å². The van der Waals surface area contributed by atoms with Crippen LogP contribution in [0.25, 0.3) is 0 Å². The third-order valence-electron chi connectivity index (χ3n) is 3.61. The van der Waals surface area contributed by atoms with Gasteiger partial charge in [0.15, 0.2) is 0 Å². The number of amides is 1. The van der Waals surface area contributed by atoms with Crippen LogP contribution >= 0.6 is 0 Å². The largest absolute Gasteiger partial charge is 0.508 e. The number of benzene rings is 1. The molecule has 2 aromatic rings. The smallest absolute Gasteiger partial charge is 0.224 e. The van der Waals surface area contributed by atoms with Crippen LogP contribution in [0.3, 0.4) is 0 Å². The van der Waals surface area contributed by atoms with Crippen LogP contribution in [0.5, 0.6) is 5.75 Å². The minimum absolute atomic E-state index is 0.0940. The number of aryl methyl sites for hydroxylation is 1. The van der Waals surface area contributed by atoms with Crippen molar-refractivity contribution in [1.29, 1.82) is 0 Å². The number of carbonyl (C=O) groups is 1. The van der Waals surface area contributed by atoms with Crippen LogP contribution in [0.2, 0.25) is 0 Å². The monoisotopic (exact) mass is 301 g/mol. The second-order valence-electron chi connectivity index (χ2n) is 5.80. The van der Waals surface area contributed by atoms with E-state index in [9.17, 15) is 9.90 Å². The molecule has 0 fully saturated rings. The van der Waals surface area contributed by atoms with E-state index in [0.29, 0.717) is 25.4 Å². The molecule has 1 heterocycles. The van der Waals surface area contributed by atoms with E-state index in [1.54, 1.807) is 30.3 Å². The van der Waals surface area contributed by atoms with Gasteiger partial charge in [0.25, 0.3) is 0 Å². The number of hydrogen-bond acceptors (Lipinski definition) is 3. The van der Waals surface area contributed by atoms with Gasteiger partial charge >= 0.3 is 0 Å². The predicted molar refractivity (Wildman–Crippen MR) is 85.5 cm³/mol. The van der Waals surface area contributed by atoms with E-state index < -0.39 is 0 Å². The van der Waals surface area contributed by atoms with E-state index in [1.807, 2.05) is 22.9 Å². The van der Waals surface area contributed by atoms with Gasteiger partial charge in [0.05, 0.1) is 0 Å². The van der Waals surface area contributed by atoms with Crippen LogP contribution in [-0.4, -0.2) is 32.5 Å². The highest BCUT2D eigenvalue weighted by atomic mass is 16.3. The van der Waals surface area contributed by atoms with Gasteiger partial charge in [-0.15, -0.1) is 0 Å². The first-order valence-corrected chi connectivity index (χ1v) is 7.50. The molecule has 0 spiro atoms. The number of rotatable bonds is 6. The molecular formula is C17H23N3O2. The first kappa shape index (κ1) is 16.1. The maximum absolute atomic E-state index is 12.2. The Hall–Kier alpha value is -2.30. The first-order chi connectivity index (χ1) is 10.5. The van der Waals surface area contributed by atoms with Gasteiger partial charge in [-0.25, -0.2) is 4.98 Å². The SMILES string of the molecule is CC(C)c1nccn1CCC(=O)N(C)Cc1ccc(O)cc1. The second kappa shape index (κ2) is 7.11. The molecule has 1 aromatic heterocycles. The van der Waals surface area contributed by atoms with Crippen molar-refractivity contribution in [3.05, 3.63) is 48.0 Å². The van der Waals surface area contributed by atoms with Crippen molar-refractivity contribution >= 4 is 5.91 Å². The summed E-state index contributed by atoms with van der Waals surface area (Å²) in [7, 11) is 1.80. The van der Waals surface area contributed by atoms with Crippen LogP contribution in [0.15, 0.2) is 36.7 Å². The van der Waals surface area contributed by atoms with Crippen molar-refractivity contribution < 1.29 is 9.90 Å². The highest BCUT2D eigenvalue weighted by Gasteiger charge is 2.12. The van der Waals surface area contributed by atoms with E-state index >= 15 is 0 Å². The van der Waals surface area contributed by atoms with Crippen LogP contribution in [0, 0.1) is 0 Å². The fraction of sp³-hybridized carbons (Fsp3) is 0.412. The van der Waals surface area contributed by atoms with Crippen LogP contribution in [0.1, 0.15) is 37.6 Å². The fourth-order valence-corrected chi connectivity index (χ4v) is 2.38. The molecule has 1 N–H and O–H groups in total. The van der Waals surface area contributed by atoms with Gasteiger partial charge in [-0.05, 0) is 17.7 Å². The van der Waals surface area contributed by atoms with Crippen LogP contribution in [-0.2, 0) is 17.9 Å². The van der Waals surface area contributed by atoms with E-state index in [4.69, 9.17) is 0 Å². The van der Waals surface area contributed by atoms with Gasteiger partial charge in [0.2, 0.25) is 5.91 Å². The lowest BCUT2D eigenvalue weighted by Crippen LogP contribution is -2.27. The Kier molecular flexibility index (Phi) is 5.20.